The SMILES string of the molecule is COC(=O)c1ccc[c]c1SC. The number of methoxy groups -OCH3 is 1. The quantitative estimate of drug-likeness (QED) is 0.515. The number of benzene rings is 1. The number of thioether (sulfide) groups is 1. The summed E-state index contributed by atoms with van der Waals surface area (Å²) >= 11 is 1.48. The molecule has 0 amide bonds. The van der Waals surface area contributed by atoms with Crippen molar-refractivity contribution in [3.05, 3.63) is 29.8 Å². The number of carbonyl (C=O) groups is 1. The smallest absolute Gasteiger partial charge is 0.339 e. The third kappa shape index (κ3) is 1.80. The Labute approximate surface area is 75.9 Å². The van der Waals surface area contributed by atoms with E-state index in [9.17, 15) is 4.79 Å². The molecule has 1 radical (unpaired) electrons. The molecule has 0 unspecified atom stereocenters. The number of hydrogen-bond donors (Lipinski definition) is 0. The zero-order valence-electron chi connectivity index (χ0n) is 6.96. The molecule has 0 atom stereocenters. The lowest BCUT2D eigenvalue weighted by molar-refractivity contribution is 0.0597. The lowest BCUT2D eigenvalue weighted by Gasteiger charge is -2.02. The van der Waals surface area contributed by atoms with Crippen LogP contribution in [0.15, 0.2) is 23.1 Å². The minimum atomic E-state index is -0.309. The highest BCUT2D eigenvalue weighted by Gasteiger charge is 2.09. The number of rotatable bonds is 2. The maximum Gasteiger partial charge on any atom is 0.339 e. The van der Waals surface area contributed by atoms with Crippen LogP contribution in [-0.2, 0) is 4.74 Å². The first-order valence-electron chi connectivity index (χ1n) is 3.42. The van der Waals surface area contributed by atoms with Crippen LogP contribution in [0.3, 0.4) is 0 Å². The zero-order valence-corrected chi connectivity index (χ0v) is 7.77. The standard InChI is InChI=1S/C9H9O2S/c1-11-9(10)7-5-3-4-6-8(7)12-2/h3-5H,1-2H3. The maximum absolute atomic E-state index is 11.1. The number of ether oxygens (including phenoxy) is 1. The molecule has 12 heavy (non-hydrogen) atoms. The Morgan fingerprint density at radius 1 is 1.67 bits per heavy atom. The second-order valence-electron chi connectivity index (χ2n) is 2.11. The van der Waals surface area contributed by atoms with Crippen LogP contribution >= 0.6 is 11.8 Å². The first-order chi connectivity index (χ1) is 5.79. The largest absolute Gasteiger partial charge is 0.465 e. The highest BCUT2D eigenvalue weighted by Crippen LogP contribution is 2.19. The molecule has 63 valence electrons. The Morgan fingerprint density at radius 2 is 2.42 bits per heavy atom. The minimum absolute atomic E-state index is 0.309. The molecule has 0 saturated heterocycles. The van der Waals surface area contributed by atoms with Crippen LogP contribution in [0.1, 0.15) is 10.4 Å². The topological polar surface area (TPSA) is 26.3 Å². The van der Waals surface area contributed by atoms with Crippen molar-refractivity contribution in [2.45, 2.75) is 4.90 Å². The van der Waals surface area contributed by atoms with Gasteiger partial charge in [-0.3, -0.25) is 0 Å². The first kappa shape index (κ1) is 9.13. The molecule has 0 aliphatic rings. The molecule has 0 bridgehead atoms. The van der Waals surface area contributed by atoms with Gasteiger partial charge in [0.1, 0.15) is 0 Å². The molecule has 1 aromatic carbocycles. The Morgan fingerprint density at radius 3 is 3.00 bits per heavy atom. The Bertz CT molecular complexity index is 284. The predicted octanol–water partition coefficient (Wildman–Crippen LogP) is 2.00. The second-order valence-corrected chi connectivity index (χ2v) is 2.93. The van der Waals surface area contributed by atoms with E-state index in [-0.39, 0.29) is 5.97 Å². The zero-order chi connectivity index (χ0) is 8.97. The summed E-state index contributed by atoms with van der Waals surface area (Å²) in [5.41, 5.74) is 0.576. The van der Waals surface area contributed by atoms with Crippen LogP contribution in [0.2, 0.25) is 0 Å². The van der Waals surface area contributed by atoms with Crippen LogP contribution < -0.4 is 0 Å². The lowest BCUT2D eigenvalue weighted by Crippen LogP contribution is -2.02. The van der Waals surface area contributed by atoms with E-state index in [1.807, 2.05) is 6.26 Å². The van der Waals surface area contributed by atoms with Gasteiger partial charge in [0.15, 0.2) is 0 Å². The molecule has 0 spiro atoms. The van der Waals surface area contributed by atoms with E-state index in [2.05, 4.69) is 10.8 Å². The lowest BCUT2D eigenvalue weighted by atomic mass is 10.2. The van der Waals surface area contributed by atoms with Gasteiger partial charge in [0, 0.05) is 4.90 Å². The van der Waals surface area contributed by atoms with Gasteiger partial charge in [-0.1, -0.05) is 12.1 Å². The summed E-state index contributed by atoms with van der Waals surface area (Å²) in [5, 5.41) is 0. The van der Waals surface area contributed by atoms with Gasteiger partial charge < -0.3 is 4.74 Å². The minimum Gasteiger partial charge on any atom is -0.465 e. The van der Waals surface area contributed by atoms with Gasteiger partial charge >= 0.3 is 5.97 Å². The highest BCUT2D eigenvalue weighted by molar-refractivity contribution is 7.98. The molecule has 0 heterocycles. The number of hydrogen-bond acceptors (Lipinski definition) is 3. The van der Waals surface area contributed by atoms with Crippen molar-refractivity contribution in [2.24, 2.45) is 0 Å². The Kier molecular flexibility index (Phi) is 3.17. The van der Waals surface area contributed by atoms with E-state index in [0.29, 0.717) is 5.56 Å². The van der Waals surface area contributed by atoms with Crippen LogP contribution in [-0.4, -0.2) is 19.3 Å². The van der Waals surface area contributed by atoms with Gasteiger partial charge in [-0.15, -0.1) is 11.8 Å². The van der Waals surface area contributed by atoms with Crippen molar-refractivity contribution in [1.82, 2.24) is 0 Å². The van der Waals surface area contributed by atoms with Crippen LogP contribution in [0.25, 0.3) is 0 Å². The van der Waals surface area contributed by atoms with E-state index < -0.39 is 0 Å². The average molecular weight is 181 g/mol. The summed E-state index contributed by atoms with van der Waals surface area (Å²) < 4.78 is 4.61. The van der Waals surface area contributed by atoms with Crippen LogP contribution in [0.5, 0.6) is 0 Å². The van der Waals surface area contributed by atoms with Crippen molar-refractivity contribution in [2.75, 3.05) is 13.4 Å². The van der Waals surface area contributed by atoms with E-state index in [1.165, 1.54) is 18.9 Å². The molecule has 1 aromatic rings. The van der Waals surface area contributed by atoms with Gasteiger partial charge in [-0.25, -0.2) is 4.79 Å². The molecule has 2 nitrogen and oxygen atoms in total. The van der Waals surface area contributed by atoms with Gasteiger partial charge in [0.25, 0.3) is 0 Å². The molecule has 0 saturated carbocycles. The van der Waals surface area contributed by atoms with Crippen molar-refractivity contribution in [3.8, 4) is 0 Å². The van der Waals surface area contributed by atoms with E-state index in [4.69, 9.17) is 0 Å². The fraction of sp³-hybridized carbons (Fsp3) is 0.222. The summed E-state index contributed by atoms with van der Waals surface area (Å²) in [7, 11) is 1.37. The van der Waals surface area contributed by atoms with Crippen molar-refractivity contribution in [1.29, 1.82) is 0 Å². The Balaban J connectivity index is 3.04. The summed E-state index contributed by atoms with van der Waals surface area (Å²) in [6.45, 7) is 0. The van der Waals surface area contributed by atoms with Crippen molar-refractivity contribution < 1.29 is 9.53 Å². The van der Waals surface area contributed by atoms with Gasteiger partial charge in [-0.2, -0.15) is 0 Å². The fourth-order valence-corrected chi connectivity index (χ4v) is 1.42. The second kappa shape index (κ2) is 4.16. The molecule has 0 aromatic heterocycles. The van der Waals surface area contributed by atoms with Crippen LogP contribution in [0.4, 0.5) is 0 Å². The van der Waals surface area contributed by atoms with E-state index in [0.717, 1.165) is 4.90 Å². The summed E-state index contributed by atoms with van der Waals surface area (Å²) in [6.07, 6.45) is 1.90. The van der Waals surface area contributed by atoms with Crippen molar-refractivity contribution >= 4 is 17.7 Å². The predicted molar refractivity (Wildman–Crippen MR) is 48.4 cm³/mol. The van der Waals surface area contributed by atoms with E-state index in [1.54, 1.807) is 18.2 Å². The molecular weight excluding hydrogens is 172 g/mol. The number of carbonyl (C=O) groups excluding carboxylic acids is 1. The maximum atomic E-state index is 11.1. The van der Waals surface area contributed by atoms with Crippen LogP contribution in [0, 0.1) is 6.07 Å². The van der Waals surface area contributed by atoms with Gasteiger partial charge in [0.2, 0.25) is 0 Å². The molecule has 0 aliphatic heterocycles. The summed E-state index contributed by atoms with van der Waals surface area (Å²) in [6, 6.07) is 8.24. The molecule has 3 heteroatoms. The third-order valence-electron chi connectivity index (χ3n) is 1.43. The molecule has 1 rings (SSSR count). The monoisotopic (exact) mass is 181 g/mol. The normalized spacial score (nSPS) is 9.50. The molecule has 0 N–H and O–H groups in total. The number of esters is 1. The van der Waals surface area contributed by atoms with E-state index >= 15 is 0 Å². The molecule has 0 fully saturated rings. The first-order valence-corrected chi connectivity index (χ1v) is 4.65. The summed E-state index contributed by atoms with van der Waals surface area (Å²) in [4.78, 5) is 12.0. The highest BCUT2D eigenvalue weighted by atomic mass is 32.2. The Hall–Kier alpha value is -0.960. The van der Waals surface area contributed by atoms with Gasteiger partial charge in [-0.05, 0) is 18.4 Å². The molecule has 0 aliphatic carbocycles. The van der Waals surface area contributed by atoms with Crippen molar-refractivity contribution in [3.63, 3.8) is 0 Å². The summed E-state index contributed by atoms with van der Waals surface area (Å²) in [5.74, 6) is -0.309. The third-order valence-corrected chi connectivity index (χ3v) is 2.17. The molecular formula is C9H9O2S. The van der Waals surface area contributed by atoms with Gasteiger partial charge in [0.05, 0.1) is 12.7 Å². The fourth-order valence-electron chi connectivity index (χ4n) is 0.861. The average Bonchev–Trinajstić information content (AvgIpc) is 2.16.